The summed E-state index contributed by atoms with van der Waals surface area (Å²) in [5.41, 5.74) is 2.68. The van der Waals surface area contributed by atoms with Crippen molar-refractivity contribution < 1.29 is 14.3 Å². The van der Waals surface area contributed by atoms with E-state index in [4.69, 9.17) is 21.1 Å². The summed E-state index contributed by atoms with van der Waals surface area (Å²) < 4.78 is 10.5. The molecule has 0 saturated heterocycles. The highest BCUT2D eigenvalue weighted by Crippen LogP contribution is 2.30. The SMILES string of the molecule is COc1ccc(/C=C2\C(=O)N(c3ccc(Cl)cc3)N=C2C)cc1OC. The molecule has 0 atom stereocenters. The van der Waals surface area contributed by atoms with Gasteiger partial charge in [-0.05, 0) is 55.0 Å². The normalized spacial score (nSPS) is 15.5. The standard InChI is InChI=1S/C19H17ClN2O3/c1-12-16(10-13-4-9-17(24-2)18(11-13)25-3)19(23)22(21-12)15-7-5-14(20)6-8-15/h4-11H,1-3H3/b16-10-. The molecule has 0 radical (unpaired) electrons. The van der Waals surface area contributed by atoms with E-state index in [0.29, 0.717) is 33.5 Å². The van der Waals surface area contributed by atoms with E-state index in [1.54, 1.807) is 57.6 Å². The quantitative estimate of drug-likeness (QED) is 0.773. The third-order valence-electron chi connectivity index (χ3n) is 3.85. The fourth-order valence-electron chi connectivity index (χ4n) is 2.55. The first-order valence-electron chi connectivity index (χ1n) is 7.63. The first kappa shape index (κ1) is 17.0. The number of ether oxygens (including phenoxy) is 2. The molecule has 0 aromatic heterocycles. The Hall–Kier alpha value is -2.79. The van der Waals surface area contributed by atoms with E-state index in [-0.39, 0.29) is 5.91 Å². The Morgan fingerprint density at radius 2 is 1.72 bits per heavy atom. The molecule has 128 valence electrons. The molecule has 0 saturated carbocycles. The van der Waals surface area contributed by atoms with Crippen LogP contribution >= 0.6 is 11.6 Å². The van der Waals surface area contributed by atoms with Crippen LogP contribution in [-0.2, 0) is 4.79 Å². The summed E-state index contributed by atoms with van der Waals surface area (Å²) in [6.07, 6.45) is 1.79. The Labute approximate surface area is 151 Å². The van der Waals surface area contributed by atoms with Crippen LogP contribution in [0.15, 0.2) is 53.1 Å². The molecule has 0 aliphatic carbocycles. The van der Waals surface area contributed by atoms with Gasteiger partial charge in [0.25, 0.3) is 5.91 Å². The smallest absolute Gasteiger partial charge is 0.280 e. The van der Waals surface area contributed by atoms with Crippen LogP contribution in [0.1, 0.15) is 12.5 Å². The van der Waals surface area contributed by atoms with E-state index in [1.807, 2.05) is 12.1 Å². The summed E-state index contributed by atoms with van der Waals surface area (Å²) in [7, 11) is 3.15. The van der Waals surface area contributed by atoms with Crippen molar-refractivity contribution in [3.05, 3.63) is 58.6 Å². The van der Waals surface area contributed by atoms with Gasteiger partial charge in [-0.3, -0.25) is 4.79 Å². The van der Waals surface area contributed by atoms with E-state index < -0.39 is 0 Å². The van der Waals surface area contributed by atoms with Gasteiger partial charge in [-0.2, -0.15) is 10.1 Å². The van der Waals surface area contributed by atoms with Gasteiger partial charge >= 0.3 is 0 Å². The number of benzene rings is 2. The van der Waals surface area contributed by atoms with Gasteiger partial charge < -0.3 is 9.47 Å². The molecular weight excluding hydrogens is 340 g/mol. The number of carbonyl (C=O) groups is 1. The molecule has 1 amide bonds. The number of nitrogens with zero attached hydrogens (tertiary/aromatic N) is 2. The van der Waals surface area contributed by atoms with Gasteiger partial charge in [0, 0.05) is 5.02 Å². The molecular formula is C19H17ClN2O3. The monoisotopic (exact) mass is 356 g/mol. The predicted molar refractivity (Wildman–Crippen MR) is 99.6 cm³/mol. The maximum atomic E-state index is 12.7. The number of carbonyl (C=O) groups excluding carboxylic acids is 1. The van der Waals surface area contributed by atoms with Crippen molar-refractivity contribution in [1.29, 1.82) is 0 Å². The lowest BCUT2D eigenvalue weighted by atomic mass is 10.1. The van der Waals surface area contributed by atoms with Gasteiger partial charge in [-0.1, -0.05) is 17.7 Å². The van der Waals surface area contributed by atoms with Crippen LogP contribution in [-0.4, -0.2) is 25.8 Å². The number of hydrogen-bond acceptors (Lipinski definition) is 4. The zero-order valence-electron chi connectivity index (χ0n) is 14.1. The molecule has 0 N–H and O–H groups in total. The first-order valence-corrected chi connectivity index (χ1v) is 8.00. The average Bonchev–Trinajstić information content (AvgIpc) is 2.90. The fourth-order valence-corrected chi connectivity index (χ4v) is 2.68. The second kappa shape index (κ2) is 6.99. The summed E-state index contributed by atoms with van der Waals surface area (Å²) in [6.45, 7) is 1.81. The second-order valence-electron chi connectivity index (χ2n) is 5.45. The summed E-state index contributed by atoms with van der Waals surface area (Å²) in [6, 6.07) is 12.5. The van der Waals surface area contributed by atoms with Crippen LogP contribution in [0.3, 0.4) is 0 Å². The highest BCUT2D eigenvalue weighted by molar-refractivity contribution is 6.32. The molecule has 0 spiro atoms. The number of anilines is 1. The number of amides is 1. The van der Waals surface area contributed by atoms with Crippen molar-refractivity contribution in [3.63, 3.8) is 0 Å². The summed E-state index contributed by atoms with van der Waals surface area (Å²) in [5, 5.41) is 6.34. The molecule has 6 heteroatoms. The van der Waals surface area contributed by atoms with Gasteiger partial charge in [0.2, 0.25) is 0 Å². The predicted octanol–water partition coefficient (Wildman–Crippen LogP) is 4.16. The molecule has 1 heterocycles. The molecule has 3 rings (SSSR count). The van der Waals surface area contributed by atoms with Crippen molar-refractivity contribution in [3.8, 4) is 11.5 Å². The lowest BCUT2D eigenvalue weighted by Gasteiger charge is -2.11. The van der Waals surface area contributed by atoms with E-state index in [1.165, 1.54) is 5.01 Å². The van der Waals surface area contributed by atoms with Crippen LogP contribution in [0, 0.1) is 0 Å². The Morgan fingerprint density at radius 1 is 1.04 bits per heavy atom. The molecule has 1 aliphatic heterocycles. The molecule has 0 unspecified atom stereocenters. The van der Waals surface area contributed by atoms with Crippen LogP contribution in [0.2, 0.25) is 5.02 Å². The first-order chi connectivity index (χ1) is 12.0. The number of hydrazone groups is 1. The zero-order chi connectivity index (χ0) is 18.0. The summed E-state index contributed by atoms with van der Waals surface area (Å²) >= 11 is 5.90. The highest BCUT2D eigenvalue weighted by Gasteiger charge is 2.28. The van der Waals surface area contributed by atoms with Crippen LogP contribution in [0.25, 0.3) is 6.08 Å². The third kappa shape index (κ3) is 3.37. The van der Waals surface area contributed by atoms with Gasteiger partial charge in [0.1, 0.15) is 0 Å². The number of rotatable bonds is 4. The third-order valence-corrected chi connectivity index (χ3v) is 4.10. The van der Waals surface area contributed by atoms with Crippen molar-refractivity contribution >= 4 is 35.0 Å². The fraction of sp³-hybridized carbons (Fsp3) is 0.158. The number of halogens is 1. The molecule has 25 heavy (non-hydrogen) atoms. The molecule has 1 aliphatic rings. The van der Waals surface area contributed by atoms with Crippen molar-refractivity contribution in [1.82, 2.24) is 0 Å². The summed E-state index contributed by atoms with van der Waals surface area (Å²) in [5.74, 6) is 1.05. The van der Waals surface area contributed by atoms with Crippen LogP contribution < -0.4 is 14.5 Å². The van der Waals surface area contributed by atoms with Crippen molar-refractivity contribution in [2.24, 2.45) is 5.10 Å². The van der Waals surface area contributed by atoms with Crippen LogP contribution in [0.5, 0.6) is 11.5 Å². The Balaban J connectivity index is 1.93. The van der Waals surface area contributed by atoms with E-state index in [9.17, 15) is 4.79 Å². The second-order valence-corrected chi connectivity index (χ2v) is 5.89. The minimum atomic E-state index is -0.186. The lowest BCUT2D eigenvalue weighted by Crippen LogP contribution is -2.21. The Morgan fingerprint density at radius 3 is 2.36 bits per heavy atom. The van der Waals surface area contributed by atoms with Gasteiger partial charge in [-0.15, -0.1) is 0 Å². The zero-order valence-corrected chi connectivity index (χ0v) is 14.9. The molecule has 0 bridgehead atoms. The van der Waals surface area contributed by atoms with Gasteiger partial charge in [-0.25, -0.2) is 0 Å². The lowest BCUT2D eigenvalue weighted by molar-refractivity contribution is -0.114. The number of methoxy groups -OCH3 is 2. The van der Waals surface area contributed by atoms with Crippen LogP contribution in [0.4, 0.5) is 5.69 Å². The molecule has 5 nitrogen and oxygen atoms in total. The van der Waals surface area contributed by atoms with Gasteiger partial charge in [0.05, 0.1) is 31.2 Å². The van der Waals surface area contributed by atoms with Gasteiger partial charge in [0.15, 0.2) is 11.5 Å². The molecule has 2 aromatic carbocycles. The van der Waals surface area contributed by atoms with E-state index >= 15 is 0 Å². The minimum absolute atomic E-state index is 0.186. The van der Waals surface area contributed by atoms with E-state index in [0.717, 1.165) is 5.56 Å². The van der Waals surface area contributed by atoms with Crippen molar-refractivity contribution in [2.45, 2.75) is 6.92 Å². The highest BCUT2D eigenvalue weighted by atomic mass is 35.5. The van der Waals surface area contributed by atoms with E-state index in [2.05, 4.69) is 5.10 Å². The molecule has 2 aromatic rings. The largest absolute Gasteiger partial charge is 0.493 e. The topological polar surface area (TPSA) is 51.1 Å². The minimum Gasteiger partial charge on any atom is -0.493 e. The Bertz CT molecular complexity index is 873. The molecule has 0 fully saturated rings. The maximum absolute atomic E-state index is 12.7. The Kier molecular flexibility index (Phi) is 4.76. The number of hydrogen-bond donors (Lipinski definition) is 0. The van der Waals surface area contributed by atoms with Crippen molar-refractivity contribution in [2.75, 3.05) is 19.2 Å². The maximum Gasteiger partial charge on any atom is 0.280 e. The summed E-state index contributed by atoms with van der Waals surface area (Å²) in [4.78, 5) is 12.7. The average molecular weight is 357 g/mol.